The summed E-state index contributed by atoms with van der Waals surface area (Å²) in [7, 11) is 1.97. The van der Waals surface area contributed by atoms with E-state index in [0.29, 0.717) is 25.0 Å². The molecule has 0 bridgehead atoms. The van der Waals surface area contributed by atoms with Gasteiger partial charge < -0.3 is 11.1 Å². The Morgan fingerprint density at radius 1 is 1.53 bits per heavy atom. The molecule has 5 heteroatoms. The van der Waals surface area contributed by atoms with Crippen LogP contribution in [0.25, 0.3) is 0 Å². The average Bonchev–Trinajstić information content (AvgIpc) is 3.17. The molecule has 4 nitrogen and oxygen atoms in total. The van der Waals surface area contributed by atoms with Crippen molar-refractivity contribution in [3.8, 4) is 0 Å². The number of likely N-dealkylation sites (N-methyl/N-ethyl adjacent to an activating group) is 1. The molecule has 2 rings (SSSR count). The smallest absolute Gasteiger partial charge is 0.238 e. The molecule has 1 saturated carbocycles. The molecule has 0 spiro atoms. The van der Waals surface area contributed by atoms with Crippen molar-refractivity contribution in [2.45, 2.75) is 18.9 Å². The van der Waals surface area contributed by atoms with Crippen LogP contribution in [0.2, 0.25) is 0 Å². The molecule has 1 aromatic carbocycles. The van der Waals surface area contributed by atoms with Gasteiger partial charge in [-0.05, 0) is 53.9 Å². The first-order valence-electron chi connectivity index (χ1n) is 6.56. The summed E-state index contributed by atoms with van der Waals surface area (Å²) in [6, 6.07) is 7.93. The number of carbonyl (C=O) groups excluding carboxylic acids is 1. The molecule has 0 saturated heterocycles. The highest BCUT2D eigenvalue weighted by Gasteiger charge is 2.33. The molecular weight excluding hydrogens is 306 g/mol. The molecule has 1 amide bonds. The quantitative estimate of drug-likeness (QED) is 0.841. The number of nitrogens with zero attached hydrogens (tertiary/aromatic N) is 1. The highest BCUT2D eigenvalue weighted by Crippen LogP contribution is 2.34. The van der Waals surface area contributed by atoms with Gasteiger partial charge in [-0.1, -0.05) is 12.1 Å². The highest BCUT2D eigenvalue weighted by atomic mass is 79.9. The number of benzene rings is 1. The lowest BCUT2D eigenvalue weighted by Crippen LogP contribution is -2.43. The number of nitrogens with two attached hydrogens (primary N) is 1. The summed E-state index contributed by atoms with van der Waals surface area (Å²) in [5, 5.41) is 2.91. The maximum absolute atomic E-state index is 12.0. The van der Waals surface area contributed by atoms with Gasteiger partial charge >= 0.3 is 0 Å². The summed E-state index contributed by atoms with van der Waals surface area (Å²) in [6.07, 6.45) is 2.47. The van der Waals surface area contributed by atoms with Crippen molar-refractivity contribution in [3.05, 3.63) is 28.7 Å². The molecule has 0 heterocycles. The predicted molar refractivity (Wildman–Crippen MR) is 81.0 cm³/mol. The van der Waals surface area contributed by atoms with Crippen LogP contribution in [0.4, 0.5) is 5.69 Å². The van der Waals surface area contributed by atoms with Crippen molar-refractivity contribution < 1.29 is 4.79 Å². The maximum atomic E-state index is 12.0. The number of rotatable bonds is 6. The van der Waals surface area contributed by atoms with Crippen molar-refractivity contribution in [1.29, 1.82) is 0 Å². The van der Waals surface area contributed by atoms with Gasteiger partial charge in [-0.15, -0.1) is 0 Å². The van der Waals surface area contributed by atoms with E-state index in [2.05, 4.69) is 26.1 Å². The Balaban J connectivity index is 1.88. The van der Waals surface area contributed by atoms with Crippen LogP contribution in [-0.2, 0) is 4.79 Å². The molecule has 1 fully saturated rings. The SMILES string of the molecule is CN(CC(=O)Nc1ccccc1Br)C(CN)C1CC1. The lowest BCUT2D eigenvalue weighted by atomic mass is 10.1. The topological polar surface area (TPSA) is 58.4 Å². The van der Waals surface area contributed by atoms with Crippen LogP contribution in [0.3, 0.4) is 0 Å². The van der Waals surface area contributed by atoms with Gasteiger partial charge in [0.05, 0.1) is 12.2 Å². The maximum Gasteiger partial charge on any atom is 0.238 e. The first kappa shape index (κ1) is 14.5. The number of carbonyl (C=O) groups is 1. The molecule has 1 unspecified atom stereocenters. The summed E-state index contributed by atoms with van der Waals surface area (Å²) in [4.78, 5) is 14.1. The molecule has 1 aliphatic carbocycles. The fourth-order valence-electron chi connectivity index (χ4n) is 2.31. The minimum Gasteiger partial charge on any atom is -0.329 e. The van der Waals surface area contributed by atoms with Crippen LogP contribution < -0.4 is 11.1 Å². The number of amides is 1. The summed E-state index contributed by atoms with van der Waals surface area (Å²) in [6.45, 7) is 0.989. The van der Waals surface area contributed by atoms with Crippen molar-refractivity contribution in [1.82, 2.24) is 4.90 Å². The normalized spacial score (nSPS) is 16.4. The molecule has 0 aliphatic heterocycles. The molecule has 0 radical (unpaired) electrons. The molecule has 1 aromatic rings. The van der Waals surface area contributed by atoms with Crippen molar-refractivity contribution in [3.63, 3.8) is 0 Å². The second-order valence-corrected chi connectivity index (χ2v) is 5.94. The van der Waals surface area contributed by atoms with Crippen LogP contribution in [0.5, 0.6) is 0 Å². The minimum atomic E-state index is -0.00602. The van der Waals surface area contributed by atoms with E-state index in [1.54, 1.807) is 0 Å². The Kier molecular flexibility index (Phi) is 4.96. The number of hydrogen-bond acceptors (Lipinski definition) is 3. The van der Waals surface area contributed by atoms with Crippen LogP contribution in [0, 0.1) is 5.92 Å². The molecule has 1 aliphatic rings. The molecule has 3 N–H and O–H groups in total. The summed E-state index contributed by atoms with van der Waals surface area (Å²) in [5.74, 6) is 0.666. The second-order valence-electron chi connectivity index (χ2n) is 5.08. The van der Waals surface area contributed by atoms with Gasteiger partial charge in [0.2, 0.25) is 5.91 Å². The van der Waals surface area contributed by atoms with Gasteiger partial charge in [-0.25, -0.2) is 0 Å². The largest absolute Gasteiger partial charge is 0.329 e. The zero-order valence-corrected chi connectivity index (χ0v) is 12.7. The Bertz CT molecular complexity index is 448. The van der Waals surface area contributed by atoms with Crippen molar-refractivity contribution in [2.24, 2.45) is 11.7 Å². The number of halogens is 1. The van der Waals surface area contributed by atoms with Crippen LogP contribution in [-0.4, -0.2) is 37.0 Å². The average molecular weight is 326 g/mol. The van der Waals surface area contributed by atoms with Gasteiger partial charge in [-0.2, -0.15) is 0 Å². The third-order valence-electron chi connectivity index (χ3n) is 3.51. The van der Waals surface area contributed by atoms with Crippen molar-refractivity contribution in [2.75, 3.05) is 25.5 Å². The number of anilines is 1. The van der Waals surface area contributed by atoms with Gasteiger partial charge in [-0.3, -0.25) is 9.69 Å². The van der Waals surface area contributed by atoms with Crippen LogP contribution in [0.15, 0.2) is 28.7 Å². The molecule has 0 aromatic heterocycles. The number of nitrogens with one attached hydrogen (secondary N) is 1. The summed E-state index contributed by atoms with van der Waals surface area (Å²) >= 11 is 3.42. The van der Waals surface area contributed by atoms with E-state index in [4.69, 9.17) is 5.73 Å². The highest BCUT2D eigenvalue weighted by molar-refractivity contribution is 9.10. The Morgan fingerprint density at radius 2 is 2.21 bits per heavy atom. The van der Waals surface area contributed by atoms with E-state index in [0.717, 1.165) is 10.2 Å². The third kappa shape index (κ3) is 4.03. The molecule has 19 heavy (non-hydrogen) atoms. The van der Waals surface area contributed by atoms with Gasteiger partial charge in [0.15, 0.2) is 0 Å². The lowest BCUT2D eigenvalue weighted by molar-refractivity contribution is -0.117. The van der Waals surface area contributed by atoms with Gasteiger partial charge in [0.1, 0.15) is 0 Å². The van der Waals surface area contributed by atoms with Crippen LogP contribution in [0.1, 0.15) is 12.8 Å². The Hall–Kier alpha value is -0.910. The van der Waals surface area contributed by atoms with Crippen molar-refractivity contribution >= 4 is 27.5 Å². The number of para-hydroxylation sites is 1. The van der Waals surface area contributed by atoms with E-state index in [1.165, 1.54) is 12.8 Å². The number of hydrogen-bond donors (Lipinski definition) is 2. The first-order valence-corrected chi connectivity index (χ1v) is 7.35. The monoisotopic (exact) mass is 325 g/mol. The van der Waals surface area contributed by atoms with Gasteiger partial charge in [0.25, 0.3) is 0 Å². The van der Waals surface area contributed by atoms with E-state index in [-0.39, 0.29) is 5.91 Å². The predicted octanol–water partition coefficient (Wildman–Crippen LogP) is 2.06. The zero-order valence-electron chi connectivity index (χ0n) is 11.1. The zero-order chi connectivity index (χ0) is 13.8. The Morgan fingerprint density at radius 3 is 2.79 bits per heavy atom. The fourth-order valence-corrected chi connectivity index (χ4v) is 2.69. The summed E-state index contributed by atoms with van der Waals surface area (Å²) < 4.78 is 0.892. The first-order chi connectivity index (χ1) is 9.11. The molecule has 1 atom stereocenters. The minimum absolute atomic E-state index is 0.00602. The van der Waals surface area contributed by atoms with Gasteiger partial charge in [0, 0.05) is 17.1 Å². The van der Waals surface area contributed by atoms with E-state index < -0.39 is 0 Å². The summed E-state index contributed by atoms with van der Waals surface area (Å²) in [5.41, 5.74) is 6.59. The third-order valence-corrected chi connectivity index (χ3v) is 4.21. The lowest BCUT2D eigenvalue weighted by Gasteiger charge is -2.26. The van der Waals surface area contributed by atoms with Crippen LogP contribution >= 0.6 is 15.9 Å². The van der Waals surface area contributed by atoms with E-state index >= 15 is 0 Å². The standard InChI is InChI=1S/C14H20BrN3O/c1-18(13(8-16)10-6-7-10)9-14(19)17-12-5-3-2-4-11(12)15/h2-5,10,13H,6-9,16H2,1H3,(H,17,19). The van der Waals surface area contributed by atoms with E-state index in [1.807, 2.05) is 31.3 Å². The Labute approximate surface area is 122 Å². The fraction of sp³-hybridized carbons (Fsp3) is 0.500. The molecular formula is C14H20BrN3O. The second kappa shape index (κ2) is 6.50. The van der Waals surface area contributed by atoms with E-state index in [9.17, 15) is 4.79 Å². The molecule has 104 valence electrons.